The standard InChI is InChI=1S/C22H29N5O4S/c1-30-17-11-9-16(10-12-17)15-25-22(28)24-13-4-2-3-5-14-31-19-8-6-7-18-20(19)21(23)27-32(29)26-18/h6-12,26H,2-5,13-15H2,1H3,(H2,23,27)(H2,24,25,28). The van der Waals surface area contributed by atoms with E-state index in [1.165, 1.54) is 0 Å². The molecule has 1 heterocycles. The van der Waals surface area contributed by atoms with Gasteiger partial charge in [-0.15, -0.1) is 0 Å². The Morgan fingerprint density at radius 3 is 2.66 bits per heavy atom. The van der Waals surface area contributed by atoms with Gasteiger partial charge >= 0.3 is 6.03 Å². The summed E-state index contributed by atoms with van der Waals surface area (Å²) in [6, 6.07) is 12.8. The molecule has 0 saturated heterocycles. The highest BCUT2D eigenvalue weighted by molar-refractivity contribution is 7.85. The Kier molecular flexibility index (Phi) is 8.73. The lowest BCUT2D eigenvalue weighted by molar-refractivity contribution is 0.240. The Hall–Kier alpha value is -3.27. The number of hydrogen-bond donors (Lipinski definition) is 4. The van der Waals surface area contributed by atoms with Crippen molar-refractivity contribution in [3.05, 3.63) is 53.6 Å². The van der Waals surface area contributed by atoms with Crippen LogP contribution in [-0.4, -0.2) is 36.3 Å². The van der Waals surface area contributed by atoms with Crippen molar-refractivity contribution in [1.82, 2.24) is 10.6 Å². The molecule has 1 atom stereocenters. The van der Waals surface area contributed by atoms with Gasteiger partial charge in [-0.1, -0.05) is 31.0 Å². The monoisotopic (exact) mass is 459 g/mol. The molecule has 1 aliphatic rings. The van der Waals surface area contributed by atoms with Crippen LogP contribution in [0.2, 0.25) is 0 Å². The van der Waals surface area contributed by atoms with Crippen molar-refractivity contribution in [2.24, 2.45) is 10.1 Å². The molecule has 1 unspecified atom stereocenters. The number of anilines is 1. The second-order valence-corrected chi connectivity index (χ2v) is 8.11. The van der Waals surface area contributed by atoms with Crippen LogP contribution in [0, 0.1) is 0 Å². The fourth-order valence-corrected chi connectivity index (χ4v) is 3.88. The van der Waals surface area contributed by atoms with Gasteiger partial charge in [-0.2, -0.15) is 4.40 Å². The van der Waals surface area contributed by atoms with Crippen LogP contribution in [0.5, 0.6) is 11.5 Å². The lowest BCUT2D eigenvalue weighted by Gasteiger charge is -2.18. The number of hydrogen-bond acceptors (Lipinski definition) is 5. The van der Waals surface area contributed by atoms with Gasteiger partial charge in [0.1, 0.15) is 17.3 Å². The van der Waals surface area contributed by atoms with Crippen LogP contribution >= 0.6 is 0 Å². The van der Waals surface area contributed by atoms with Crippen LogP contribution in [0.15, 0.2) is 46.9 Å². The third kappa shape index (κ3) is 6.88. The number of urea groups is 1. The van der Waals surface area contributed by atoms with Crippen molar-refractivity contribution < 1.29 is 18.5 Å². The molecule has 172 valence electrons. The van der Waals surface area contributed by atoms with Crippen LogP contribution in [0.1, 0.15) is 36.8 Å². The average Bonchev–Trinajstić information content (AvgIpc) is 2.79. The molecule has 5 N–H and O–H groups in total. The lowest BCUT2D eigenvalue weighted by atomic mass is 10.1. The molecule has 2 aromatic rings. The Balaban J connectivity index is 1.26. The summed E-state index contributed by atoms with van der Waals surface area (Å²) in [7, 11) is 1.62. The maximum Gasteiger partial charge on any atom is 0.315 e. The van der Waals surface area contributed by atoms with Gasteiger partial charge < -0.3 is 25.8 Å². The molecule has 9 nitrogen and oxygen atoms in total. The van der Waals surface area contributed by atoms with Crippen molar-refractivity contribution in [2.45, 2.75) is 32.2 Å². The van der Waals surface area contributed by atoms with Crippen molar-refractivity contribution in [3.8, 4) is 11.5 Å². The number of rotatable bonds is 11. The van der Waals surface area contributed by atoms with E-state index in [0.29, 0.717) is 36.7 Å². The number of nitrogens with two attached hydrogens (primary N) is 1. The van der Waals surface area contributed by atoms with E-state index in [1.54, 1.807) is 13.2 Å². The number of unbranched alkanes of at least 4 members (excludes halogenated alkanes) is 3. The molecule has 0 bridgehead atoms. The smallest absolute Gasteiger partial charge is 0.315 e. The van der Waals surface area contributed by atoms with Gasteiger partial charge in [0.05, 0.1) is 25.0 Å². The van der Waals surface area contributed by atoms with Gasteiger partial charge in [-0.3, -0.25) is 4.72 Å². The number of carbonyl (C=O) groups excluding carboxylic acids is 1. The number of amidine groups is 1. The molecule has 2 amide bonds. The molecule has 0 fully saturated rings. The first-order valence-corrected chi connectivity index (χ1v) is 11.6. The topological polar surface area (TPSA) is 127 Å². The summed E-state index contributed by atoms with van der Waals surface area (Å²) in [6.45, 7) is 1.64. The van der Waals surface area contributed by atoms with E-state index in [-0.39, 0.29) is 11.9 Å². The predicted molar refractivity (Wildman–Crippen MR) is 126 cm³/mol. The first-order valence-electron chi connectivity index (χ1n) is 10.5. The van der Waals surface area contributed by atoms with Crippen LogP contribution < -0.4 is 30.6 Å². The van der Waals surface area contributed by atoms with E-state index in [9.17, 15) is 9.00 Å². The minimum atomic E-state index is -1.55. The molecule has 32 heavy (non-hydrogen) atoms. The van der Waals surface area contributed by atoms with Crippen molar-refractivity contribution in [3.63, 3.8) is 0 Å². The SMILES string of the molecule is COc1ccc(CNC(=O)NCCCCCCOc2cccc3c2C(N)=NS(=O)N3)cc1. The molecular weight excluding hydrogens is 430 g/mol. The van der Waals surface area contributed by atoms with E-state index in [2.05, 4.69) is 19.8 Å². The molecule has 0 saturated carbocycles. The Morgan fingerprint density at radius 2 is 1.88 bits per heavy atom. The summed E-state index contributed by atoms with van der Waals surface area (Å²) in [4.78, 5) is 11.9. The summed E-state index contributed by atoms with van der Waals surface area (Å²) in [5, 5.41) is 5.71. The number of methoxy groups -OCH3 is 1. The van der Waals surface area contributed by atoms with Crippen molar-refractivity contribution in [1.29, 1.82) is 0 Å². The summed E-state index contributed by atoms with van der Waals surface area (Å²) < 4.78 is 29.1. The van der Waals surface area contributed by atoms with Gasteiger partial charge in [-0.05, 0) is 42.7 Å². The zero-order valence-corrected chi connectivity index (χ0v) is 18.9. The molecule has 0 spiro atoms. The molecule has 0 radical (unpaired) electrons. The first-order chi connectivity index (χ1) is 15.6. The number of nitrogens with zero attached hydrogens (tertiary/aromatic N) is 1. The predicted octanol–water partition coefficient (Wildman–Crippen LogP) is 2.84. The van der Waals surface area contributed by atoms with Crippen LogP contribution in [0.4, 0.5) is 10.5 Å². The maximum absolute atomic E-state index is 11.9. The van der Waals surface area contributed by atoms with E-state index < -0.39 is 11.2 Å². The van der Waals surface area contributed by atoms with Crippen LogP contribution in [0.25, 0.3) is 0 Å². The van der Waals surface area contributed by atoms with Crippen LogP contribution in [0.3, 0.4) is 0 Å². The molecule has 2 aromatic carbocycles. The van der Waals surface area contributed by atoms with E-state index in [1.807, 2.05) is 36.4 Å². The number of carbonyl (C=O) groups is 1. The fourth-order valence-electron chi connectivity index (χ4n) is 3.21. The van der Waals surface area contributed by atoms with Gasteiger partial charge in [0.2, 0.25) is 11.2 Å². The number of amides is 2. The quantitative estimate of drug-likeness (QED) is 0.384. The van der Waals surface area contributed by atoms with Gasteiger partial charge in [0, 0.05) is 13.1 Å². The highest BCUT2D eigenvalue weighted by Gasteiger charge is 2.19. The largest absolute Gasteiger partial charge is 0.497 e. The zero-order chi connectivity index (χ0) is 22.8. The third-order valence-corrected chi connectivity index (χ3v) is 5.64. The minimum Gasteiger partial charge on any atom is -0.497 e. The molecule has 0 aromatic heterocycles. The van der Waals surface area contributed by atoms with E-state index >= 15 is 0 Å². The zero-order valence-electron chi connectivity index (χ0n) is 18.1. The van der Waals surface area contributed by atoms with Gasteiger partial charge in [0.15, 0.2) is 0 Å². The third-order valence-electron chi connectivity index (χ3n) is 4.89. The first kappa shape index (κ1) is 23.4. The van der Waals surface area contributed by atoms with Gasteiger partial charge in [0.25, 0.3) is 0 Å². The fraction of sp³-hybridized carbons (Fsp3) is 0.364. The molecule has 1 aliphatic heterocycles. The highest BCUT2D eigenvalue weighted by atomic mass is 32.2. The molecule has 3 rings (SSSR count). The molecule has 10 heteroatoms. The summed E-state index contributed by atoms with van der Waals surface area (Å²) in [5.41, 5.74) is 8.22. The van der Waals surface area contributed by atoms with Gasteiger partial charge in [-0.25, -0.2) is 9.00 Å². The summed E-state index contributed by atoms with van der Waals surface area (Å²) in [6.07, 6.45) is 3.74. The normalized spacial score (nSPS) is 14.5. The van der Waals surface area contributed by atoms with E-state index in [4.69, 9.17) is 15.2 Å². The molecule has 0 aliphatic carbocycles. The summed E-state index contributed by atoms with van der Waals surface area (Å²) in [5.74, 6) is 1.63. The number of benzene rings is 2. The maximum atomic E-state index is 11.9. The second kappa shape index (κ2) is 11.9. The Morgan fingerprint density at radius 1 is 1.09 bits per heavy atom. The lowest BCUT2D eigenvalue weighted by Crippen LogP contribution is -2.35. The minimum absolute atomic E-state index is 0.174. The average molecular weight is 460 g/mol. The Labute approximate surface area is 190 Å². The number of fused-ring (bicyclic) bond motifs is 1. The number of ether oxygens (including phenoxy) is 2. The highest BCUT2D eigenvalue weighted by Crippen LogP contribution is 2.29. The van der Waals surface area contributed by atoms with Crippen molar-refractivity contribution in [2.75, 3.05) is 25.0 Å². The number of nitrogens with one attached hydrogen (secondary N) is 3. The second-order valence-electron chi connectivity index (χ2n) is 7.23. The Bertz CT molecular complexity index is 965. The summed E-state index contributed by atoms with van der Waals surface area (Å²) >= 11 is -1.55. The van der Waals surface area contributed by atoms with Crippen molar-refractivity contribution >= 4 is 28.7 Å². The van der Waals surface area contributed by atoms with E-state index in [0.717, 1.165) is 37.0 Å². The van der Waals surface area contributed by atoms with Crippen LogP contribution in [-0.2, 0) is 17.7 Å². The molecular formula is C22H29N5O4S.